The lowest BCUT2D eigenvalue weighted by Gasteiger charge is -2.25. The Labute approximate surface area is 200 Å². The zero-order valence-electron chi connectivity index (χ0n) is 20.4. The molecule has 1 aliphatic heterocycles. The zero-order chi connectivity index (χ0) is 25.3. The molecule has 0 radical (unpaired) electrons. The van der Waals surface area contributed by atoms with Crippen molar-refractivity contribution < 1.29 is 38.8 Å². The number of hydrogen-bond donors (Lipinski definition) is 3. The number of anilines is 1. The molecule has 10 heteroatoms. The molecule has 2 amide bonds. The molecule has 0 aliphatic carbocycles. The van der Waals surface area contributed by atoms with E-state index in [1.54, 1.807) is 25.7 Å². The molecule has 1 fully saturated rings. The number of nitrogens with zero attached hydrogens (tertiary/aromatic N) is 1. The minimum atomic E-state index is -0.831. The first-order chi connectivity index (χ1) is 16.1. The van der Waals surface area contributed by atoms with Crippen LogP contribution < -0.4 is 14.8 Å². The predicted molar refractivity (Wildman–Crippen MR) is 126 cm³/mol. The summed E-state index contributed by atoms with van der Waals surface area (Å²) in [5.41, 5.74) is -0.311. The lowest BCUT2D eigenvalue weighted by Crippen LogP contribution is -2.38. The molecule has 34 heavy (non-hydrogen) atoms. The average molecular weight is 481 g/mol. The Morgan fingerprint density at radius 2 is 1.88 bits per heavy atom. The van der Waals surface area contributed by atoms with Gasteiger partial charge in [-0.3, -0.25) is 14.9 Å². The molecule has 1 aromatic carbocycles. The first kappa shape index (κ1) is 27.2. The van der Waals surface area contributed by atoms with Crippen LogP contribution >= 0.6 is 0 Å². The van der Waals surface area contributed by atoms with Crippen molar-refractivity contribution in [1.82, 2.24) is 4.90 Å². The summed E-state index contributed by atoms with van der Waals surface area (Å²) in [6.45, 7) is 5.90. The summed E-state index contributed by atoms with van der Waals surface area (Å²) in [6.07, 6.45) is 2.75. The Balaban J connectivity index is 2.27. The summed E-state index contributed by atoms with van der Waals surface area (Å²) in [5.74, 6) is -0.505. The maximum absolute atomic E-state index is 13.3. The Hall–Kier alpha value is -3.01. The Bertz CT molecular complexity index is 865. The van der Waals surface area contributed by atoms with Crippen LogP contribution in [0.5, 0.6) is 11.5 Å². The molecule has 1 atom stereocenters. The van der Waals surface area contributed by atoms with E-state index >= 15 is 0 Å². The lowest BCUT2D eigenvalue weighted by molar-refractivity contribution is -0.137. The second-order valence-corrected chi connectivity index (χ2v) is 9.21. The van der Waals surface area contributed by atoms with Gasteiger partial charge in [-0.05, 0) is 58.9 Å². The van der Waals surface area contributed by atoms with E-state index in [1.807, 2.05) is 0 Å². The van der Waals surface area contributed by atoms with Crippen LogP contribution in [-0.2, 0) is 9.53 Å². The topological polar surface area (TPSA) is 135 Å². The van der Waals surface area contributed by atoms with Gasteiger partial charge in [0.05, 0.1) is 37.6 Å². The van der Waals surface area contributed by atoms with Crippen LogP contribution in [0.25, 0.3) is 0 Å². The number of likely N-dealkylation sites (tertiary alicyclic amines) is 1. The van der Waals surface area contributed by atoms with Gasteiger partial charge in [0, 0.05) is 19.0 Å². The van der Waals surface area contributed by atoms with Crippen molar-refractivity contribution in [2.24, 2.45) is 0 Å². The van der Waals surface area contributed by atoms with Crippen molar-refractivity contribution in [3.63, 3.8) is 0 Å². The van der Waals surface area contributed by atoms with Crippen molar-refractivity contribution in [3.05, 3.63) is 17.7 Å². The third-order valence-corrected chi connectivity index (χ3v) is 5.31. The number of carboxylic acid groups (broad SMARTS) is 1. The SMILES string of the molecule is COc1cc(C(=O)N2CCC[C@H]2CO)c(NC(=O)OC(C)(C)C)cc1OCCCCCC(=O)O. The van der Waals surface area contributed by atoms with Crippen molar-refractivity contribution in [3.8, 4) is 11.5 Å². The molecule has 1 aromatic rings. The van der Waals surface area contributed by atoms with Crippen molar-refractivity contribution in [2.45, 2.75) is 70.9 Å². The van der Waals surface area contributed by atoms with Gasteiger partial charge >= 0.3 is 12.1 Å². The number of nitrogens with one attached hydrogen (secondary N) is 1. The fourth-order valence-electron chi connectivity index (χ4n) is 3.71. The molecule has 2 rings (SSSR count). The summed E-state index contributed by atoms with van der Waals surface area (Å²) < 4.78 is 16.6. The molecule has 0 saturated carbocycles. The van der Waals surface area contributed by atoms with Crippen molar-refractivity contribution in [2.75, 3.05) is 32.2 Å². The van der Waals surface area contributed by atoms with Crippen LogP contribution in [-0.4, -0.2) is 71.6 Å². The average Bonchev–Trinajstić information content (AvgIpc) is 3.23. The first-order valence-electron chi connectivity index (χ1n) is 11.5. The maximum Gasteiger partial charge on any atom is 0.412 e. The van der Waals surface area contributed by atoms with Crippen LogP contribution in [0.3, 0.4) is 0 Å². The van der Waals surface area contributed by atoms with Gasteiger partial charge in [0.2, 0.25) is 0 Å². The number of amides is 2. The largest absolute Gasteiger partial charge is 0.493 e. The molecule has 0 spiro atoms. The molecule has 190 valence electrons. The van der Waals surface area contributed by atoms with E-state index in [4.69, 9.17) is 19.3 Å². The Kier molecular flexibility index (Phi) is 9.97. The summed E-state index contributed by atoms with van der Waals surface area (Å²) in [5, 5.41) is 21.0. The first-order valence-corrected chi connectivity index (χ1v) is 11.5. The van der Waals surface area contributed by atoms with E-state index in [1.165, 1.54) is 19.2 Å². The van der Waals surface area contributed by atoms with Gasteiger partial charge in [-0.2, -0.15) is 0 Å². The third-order valence-electron chi connectivity index (χ3n) is 5.31. The Morgan fingerprint density at radius 1 is 1.15 bits per heavy atom. The van der Waals surface area contributed by atoms with Gasteiger partial charge in [0.1, 0.15) is 5.60 Å². The van der Waals surface area contributed by atoms with Gasteiger partial charge in [-0.25, -0.2) is 4.79 Å². The summed E-state index contributed by atoms with van der Waals surface area (Å²) in [4.78, 5) is 38.1. The number of methoxy groups -OCH3 is 1. The number of benzene rings is 1. The number of carbonyl (C=O) groups excluding carboxylic acids is 2. The zero-order valence-corrected chi connectivity index (χ0v) is 20.4. The molecule has 10 nitrogen and oxygen atoms in total. The van der Waals surface area contributed by atoms with Gasteiger partial charge in [-0.15, -0.1) is 0 Å². The number of rotatable bonds is 11. The molecule has 1 heterocycles. The highest BCUT2D eigenvalue weighted by Crippen LogP contribution is 2.36. The fourth-order valence-corrected chi connectivity index (χ4v) is 3.71. The molecule has 1 aliphatic rings. The minimum absolute atomic E-state index is 0.107. The normalized spacial score (nSPS) is 15.7. The van der Waals surface area contributed by atoms with E-state index in [-0.39, 0.29) is 36.2 Å². The van der Waals surface area contributed by atoms with Gasteiger partial charge in [0.25, 0.3) is 5.91 Å². The number of hydrogen-bond acceptors (Lipinski definition) is 7. The van der Waals surface area contributed by atoms with E-state index in [0.29, 0.717) is 50.3 Å². The number of carbonyl (C=O) groups is 3. The summed E-state index contributed by atoms with van der Waals surface area (Å²) in [7, 11) is 1.46. The van der Waals surface area contributed by atoms with E-state index in [2.05, 4.69) is 5.32 Å². The highest BCUT2D eigenvalue weighted by molar-refractivity contribution is 6.03. The quantitative estimate of drug-likeness (QED) is 0.409. The lowest BCUT2D eigenvalue weighted by atomic mass is 10.1. The van der Waals surface area contributed by atoms with Gasteiger partial charge < -0.3 is 29.3 Å². The molecule has 0 bridgehead atoms. The predicted octanol–water partition coefficient (Wildman–Crippen LogP) is 3.66. The molecular weight excluding hydrogens is 444 g/mol. The van der Waals surface area contributed by atoms with Crippen LogP contribution in [0.1, 0.15) is 69.7 Å². The highest BCUT2D eigenvalue weighted by atomic mass is 16.6. The molecule has 0 unspecified atom stereocenters. The number of aliphatic hydroxyl groups is 1. The second kappa shape index (κ2) is 12.5. The number of aliphatic hydroxyl groups excluding tert-OH is 1. The number of carboxylic acids is 1. The number of unbranched alkanes of at least 4 members (excludes halogenated alkanes) is 2. The molecule has 3 N–H and O–H groups in total. The van der Waals surface area contributed by atoms with Gasteiger partial charge in [-0.1, -0.05) is 0 Å². The van der Waals surface area contributed by atoms with Crippen LogP contribution in [0.15, 0.2) is 12.1 Å². The van der Waals surface area contributed by atoms with Gasteiger partial charge in [0.15, 0.2) is 11.5 Å². The standard InChI is InChI=1S/C24H36N2O8/c1-24(2,3)34-23(31)25-18-14-20(33-12-7-5-6-10-21(28)29)19(32-4)13-17(18)22(30)26-11-8-9-16(26)15-27/h13-14,16,27H,5-12,15H2,1-4H3,(H,25,31)(H,28,29)/t16-/m0/s1. The summed E-state index contributed by atoms with van der Waals surface area (Å²) in [6, 6.07) is 2.76. The summed E-state index contributed by atoms with van der Waals surface area (Å²) >= 11 is 0. The monoisotopic (exact) mass is 480 g/mol. The van der Waals surface area contributed by atoms with E-state index < -0.39 is 17.7 Å². The molecule has 0 aromatic heterocycles. The minimum Gasteiger partial charge on any atom is -0.493 e. The highest BCUT2D eigenvalue weighted by Gasteiger charge is 2.31. The smallest absolute Gasteiger partial charge is 0.412 e. The van der Waals surface area contributed by atoms with Crippen LogP contribution in [0, 0.1) is 0 Å². The van der Waals surface area contributed by atoms with Crippen molar-refractivity contribution >= 4 is 23.7 Å². The van der Waals surface area contributed by atoms with E-state index in [0.717, 1.165) is 6.42 Å². The fraction of sp³-hybridized carbons (Fsp3) is 0.625. The third kappa shape index (κ3) is 8.09. The van der Waals surface area contributed by atoms with Crippen molar-refractivity contribution in [1.29, 1.82) is 0 Å². The Morgan fingerprint density at radius 3 is 2.50 bits per heavy atom. The molecule has 1 saturated heterocycles. The number of ether oxygens (including phenoxy) is 3. The maximum atomic E-state index is 13.3. The molecular formula is C24H36N2O8. The second-order valence-electron chi connectivity index (χ2n) is 9.21. The van der Waals surface area contributed by atoms with Crippen LogP contribution in [0.2, 0.25) is 0 Å². The number of aliphatic carboxylic acids is 1. The van der Waals surface area contributed by atoms with Crippen LogP contribution in [0.4, 0.5) is 10.5 Å². The van der Waals surface area contributed by atoms with E-state index in [9.17, 15) is 19.5 Å².